The monoisotopic (exact) mass is 438 g/mol. The molecule has 0 aromatic heterocycles. The minimum atomic E-state index is -3.82. The van der Waals surface area contributed by atoms with Gasteiger partial charge in [0.25, 0.3) is 10.0 Å². The molecule has 31 heavy (non-hydrogen) atoms. The van der Waals surface area contributed by atoms with E-state index in [4.69, 9.17) is 0 Å². The van der Waals surface area contributed by atoms with Gasteiger partial charge in [-0.05, 0) is 54.8 Å². The topological polar surface area (TPSA) is 86.7 Å². The Balaban J connectivity index is 1.89. The number of nitrogens with one attached hydrogen (secondary N) is 1. The van der Waals surface area contributed by atoms with E-state index in [2.05, 4.69) is 4.72 Å². The maximum Gasteiger partial charge on any atom is 0.337 e. The molecule has 0 aliphatic rings. The molecule has 0 unspecified atom stereocenters. The molecule has 0 spiro atoms. The Morgan fingerprint density at radius 1 is 0.935 bits per heavy atom. The Labute approximate surface area is 183 Å². The number of benzene rings is 3. The minimum Gasteiger partial charge on any atom is -0.478 e. The fourth-order valence-corrected chi connectivity index (χ4v) is 4.39. The highest BCUT2D eigenvalue weighted by atomic mass is 32.2. The van der Waals surface area contributed by atoms with E-state index >= 15 is 0 Å². The van der Waals surface area contributed by atoms with Gasteiger partial charge in [-0.2, -0.15) is 0 Å². The predicted octanol–water partition coefficient (Wildman–Crippen LogP) is 4.77. The van der Waals surface area contributed by atoms with Gasteiger partial charge >= 0.3 is 5.97 Å². The fraction of sp³-hybridized carbons (Fsp3) is 0.208. The van der Waals surface area contributed by atoms with Crippen LogP contribution in [0.15, 0.2) is 77.7 Å². The molecular weight excluding hydrogens is 412 g/mol. The van der Waals surface area contributed by atoms with Crippen LogP contribution in [-0.2, 0) is 23.0 Å². The second kappa shape index (κ2) is 9.66. The summed E-state index contributed by atoms with van der Waals surface area (Å²) in [5.41, 5.74) is 2.88. The molecule has 162 valence electrons. The highest BCUT2D eigenvalue weighted by Gasteiger charge is 2.19. The summed E-state index contributed by atoms with van der Waals surface area (Å²) in [5.74, 6) is -1.12. The van der Waals surface area contributed by atoms with E-state index in [-0.39, 0.29) is 16.1 Å². The summed E-state index contributed by atoms with van der Waals surface area (Å²) in [4.78, 5) is 14.0. The summed E-state index contributed by atoms with van der Waals surface area (Å²) >= 11 is 0. The quantitative estimate of drug-likeness (QED) is 0.502. The van der Waals surface area contributed by atoms with Crippen LogP contribution in [-0.4, -0.2) is 26.0 Å². The van der Waals surface area contributed by atoms with Crippen molar-refractivity contribution in [2.24, 2.45) is 0 Å². The van der Waals surface area contributed by atoms with E-state index in [1.165, 1.54) is 6.07 Å². The van der Waals surface area contributed by atoms with Crippen molar-refractivity contribution in [1.82, 2.24) is 0 Å². The number of hydrogen-bond acceptors (Lipinski definition) is 4. The second-order valence-corrected chi connectivity index (χ2v) is 8.82. The first-order valence-electron chi connectivity index (χ1n) is 10.1. The van der Waals surface area contributed by atoms with Crippen LogP contribution in [0.4, 0.5) is 11.4 Å². The van der Waals surface area contributed by atoms with Crippen molar-refractivity contribution in [3.8, 4) is 0 Å². The molecule has 0 aliphatic heterocycles. The van der Waals surface area contributed by atoms with Gasteiger partial charge in [0, 0.05) is 18.8 Å². The van der Waals surface area contributed by atoms with Crippen LogP contribution in [0.5, 0.6) is 0 Å². The van der Waals surface area contributed by atoms with Crippen molar-refractivity contribution in [2.75, 3.05) is 16.2 Å². The van der Waals surface area contributed by atoms with Gasteiger partial charge in [0.15, 0.2) is 0 Å². The van der Waals surface area contributed by atoms with E-state index in [9.17, 15) is 18.3 Å². The highest BCUT2D eigenvalue weighted by Crippen LogP contribution is 2.27. The van der Waals surface area contributed by atoms with E-state index in [0.29, 0.717) is 18.8 Å². The second-order valence-electron chi connectivity index (χ2n) is 7.14. The Morgan fingerprint density at radius 2 is 1.61 bits per heavy atom. The number of aryl methyl sites for hydroxylation is 1. The van der Waals surface area contributed by atoms with Crippen molar-refractivity contribution in [2.45, 2.75) is 31.7 Å². The average Bonchev–Trinajstić information content (AvgIpc) is 2.78. The molecule has 0 bridgehead atoms. The van der Waals surface area contributed by atoms with E-state index < -0.39 is 16.0 Å². The van der Waals surface area contributed by atoms with Crippen LogP contribution in [0.3, 0.4) is 0 Å². The first-order valence-corrected chi connectivity index (χ1v) is 11.6. The number of anilines is 2. The van der Waals surface area contributed by atoms with Gasteiger partial charge in [-0.25, -0.2) is 13.2 Å². The largest absolute Gasteiger partial charge is 0.478 e. The Hall–Kier alpha value is -3.32. The number of carboxylic acids is 1. The molecule has 0 aliphatic carbocycles. The van der Waals surface area contributed by atoms with Gasteiger partial charge in [0.1, 0.15) is 0 Å². The molecule has 7 heteroatoms. The Bertz CT molecular complexity index is 1140. The van der Waals surface area contributed by atoms with Crippen LogP contribution in [0, 0.1) is 0 Å². The van der Waals surface area contributed by atoms with Gasteiger partial charge in [-0.3, -0.25) is 4.72 Å². The molecule has 6 nitrogen and oxygen atoms in total. The molecule has 0 atom stereocenters. The Kier molecular flexibility index (Phi) is 6.97. The zero-order valence-electron chi connectivity index (χ0n) is 17.6. The first kappa shape index (κ1) is 22.4. The summed E-state index contributed by atoms with van der Waals surface area (Å²) in [6, 6.07) is 21.0. The lowest BCUT2D eigenvalue weighted by Gasteiger charge is -2.25. The number of sulfonamides is 1. The standard InChI is InChI=1S/C24H26N2O4S/c1-3-18-10-13-21(14-11-18)31(29,30)25-20-12-15-23(22(16-20)24(27)28)26(4-2)17-19-8-6-5-7-9-19/h5-16,25H,3-4,17H2,1-2H3,(H,27,28). The van der Waals surface area contributed by atoms with Crippen LogP contribution in [0.1, 0.15) is 35.3 Å². The summed E-state index contributed by atoms with van der Waals surface area (Å²) in [6.07, 6.45) is 0.814. The summed E-state index contributed by atoms with van der Waals surface area (Å²) in [5, 5.41) is 9.77. The lowest BCUT2D eigenvalue weighted by molar-refractivity contribution is 0.0697. The molecule has 3 rings (SSSR count). The van der Waals surface area contributed by atoms with E-state index in [0.717, 1.165) is 17.5 Å². The average molecular weight is 439 g/mol. The van der Waals surface area contributed by atoms with Crippen molar-refractivity contribution >= 4 is 27.4 Å². The number of carboxylic acid groups (broad SMARTS) is 1. The van der Waals surface area contributed by atoms with Crippen LogP contribution in [0.2, 0.25) is 0 Å². The smallest absolute Gasteiger partial charge is 0.337 e. The summed E-state index contributed by atoms with van der Waals surface area (Å²) in [6.45, 7) is 5.09. The third-order valence-corrected chi connectivity index (χ3v) is 6.46. The molecule has 0 radical (unpaired) electrons. The van der Waals surface area contributed by atoms with Gasteiger partial charge in [-0.1, -0.05) is 49.4 Å². The third-order valence-electron chi connectivity index (χ3n) is 5.06. The number of nitrogens with zero attached hydrogens (tertiary/aromatic N) is 1. The highest BCUT2D eigenvalue weighted by molar-refractivity contribution is 7.92. The Morgan fingerprint density at radius 3 is 2.19 bits per heavy atom. The van der Waals surface area contributed by atoms with Gasteiger partial charge in [-0.15, -0.1) is 0 Å². The molecule has 0 saturated carbocycles. The van der Waals surface area contributed by atoms with E-state index in [1.54, 1.807) is 36.4 Å². The maximum absolute atomic E-state index is 12.7. The number of aromatic carboxylic acids is 1. The van der Waals surface area contributed by atoms with Crippen LogP contribution >= 0.6 is 0 Å². The molecule has 3 aromatic carbocycles. The minimum absolute atomic E-state index is 0.0410. The predicted molar refractivity (Wildman–Crippen MR) is 123 cm³/mol. The summed E-state index contributed by atoms with van der Waals surface area (Å²) in [7, 11) is -3.82. The van der Waals surface area contributed by atoms with Crippen molar-refractivity contribution in [3.05, 3.63) is 89.5 Å². The van der Waals surface area contributed by atoms with Crippen LogP contribution < -0.4 is 9.62 Å². The molecule has 0 amide bonds. The van der Waals surface area contributed by atoms with Gasteiger partial charge in [0.05, 0.1) is 16.1 Å². The molecule has 0 saturated heterocycles. The van der Waals surface area contributed by atoms with E-state index in [1.807, 2.05) is 49.1 Å². The normalized spacial score (nSPS) is 11.2. The third kappa shape index (κ3) is 5.44. The first-order chi connectivity index (χ1) is 14.8. The van der Waals surface area contributed by atoms with Crippen molar-refractivity contribution in [3.63, 3.8) is 0 Å². The van der Waals surface area contributed by atoms with Crippen molar-refractivity contribution in [1.29, 1.82) is 0 Å². The molecular formula is C24H26N2O4S. The fourth-order valence-electron chi connectivity index (χ4n) is 3.34. The number of hydrogen-bond donors (Lipinski definition) is 2. The number of rotatable bonds is 9. The SMILES string of the molecule is CCc1ccc(S(=O)(=O)Nc2ccc(N(CC)Cc3ccccc3)c(C(=O)O)c2)cc1. The van der Waals surface area contributed by atoms with Crippen LogP contribution in [0.25, 0.3) is 0 Å². The van der Waals surface area contributed by atoms with Crippen molar-refractivity contribution < 1.29 is 18.3 Å². The lowest BCUT2D eigenvalue weighted by Crippen LogP contribution is -2.24. The molecule has 0 heterocycles. The van der Waals surface area contributed by atoms with Gasteiger partial charge < -0.3 is 10.0 Å². The molecule has 3 aromatic rings. The van der Waals surface area contributed by atoms with Gasteiger partial charge in [0.2, 0.25) is 0 Å². The summed E-state index contributed by atoms with van der Waals surface area (Å²) < 4.78 is 28.0. The lowest BCUT2D eigenvalue weighted by atomic mass is 10.1. The maximum atomic E-state index is 12.7. The molecule has 0 fully saturated rings. The zero-order valence-corrected chi connectivity index (χ0v) is 18.4. The zero-order chi connectivity index (χ0) is 22.4. The molecule has 2 N–H and O–H groups in total. The number of carbonyl (C=O) groups is 1.